The zero-order valence-electron chi connectivity index (χ0n) is 17.8. The third-order valence-electron chi connectivity index (χ3n) is 4.26. The zero-order valence-corrected chi connectivity index (χ0v) is 17.8. The second kappa shape index (κ2) is 12.6. The van der Waals surface area contributed by atoms with Crippen LogP contribution in [-0.4, -0.2) is 6.18 Å². The van der Waals surface area contributed by atoms with Crippen molar-refractivity contribution in [2.24, 2.45) is 0 Å². The number of hydrogen-bond donors (Lipinski definition) is 0. The van der Waals surface area contributed by atoms with Crippen molar-refractivity contribution in [1.82, 2.24) is 0 Å². The molecule has 0 radical (unpaired) electrons. The second-order valence-electron chi connectivity index (χ2n) is 6.87. The maximum atomic E-state index is 13.9. The van der Waals surface area contributed by atoms with Crippen molar-refractivity contribution in [2.45, 2.75) is 79.8 Å². The van der Waals surface area contributed by atoms with Crippen molar-refractivity contribution in [3.8, 4) is 0 Å². The molecule has 0 aliphatic heterocycles. The largest absolute Gasteiger partial charge is 0.416 e. The number of rotatable bonds is 10. The SMILES string of the molecule is C=C\C(C)=C/C(=C(CCC)/C(=C/C=C(/C)CCC)C(/C)=C\CC)C(F)(F)F. The molecule has 0 nitrogen and oxygen atoms in total. The normalized spacial score (nSPS) is 15.7. The summed E-state index contributed by atoms with van der Waals surface area (Å²) in [6.45, 7) is 15.2. The van der Waals surface area contributed by atoms with Gasteiger partial charge in [0.1, 0.15) is 0 Å². The molecule has 0 amide bonds. The topological polar surface area (TPSA) is 0 Å². The van der Waals surface area contributed by atoms with Crippen LogP contribution in [0, 0.1) is 0 Å². The Hall–Kier alpha value is -1.77. The third-order valence-corrected chi connectivity index (χ3v) is 4.26. The summed E-state index contributed by atoms with van der Waals surface area (Å²) in [5.41, 5.74) is 3.02. The van der Waals surface area contributed by atoms with E-state index in [2.05, 4.69) is 13.5 Å². The predicted octanol–water partition coefficient (Wildman–Crippen LogP) is 8.81. The highest BCUT2D eigenvalue weighted by Gasteiger charge is 2.35. The lowest BCUT2D eigenvalue weighted by atomic mass is 9.89. The van der Waals surface area contributed by atoms with Gasteiger partial charge < -0.3 is 0 Å². The number of alkyl halides is 3. The molecule has 0 aromatic rings. The number of allylic oxidation sites excluding steroid dienone is 11. The first-order valence-corrected chi connectivity index (χ1v) is 9.78. The molecule has 0 unspecified atom stereocenters. The Balaban J connectivity index is 6.82. The third kappa shape index (κ3) is 9.12. The molecule has 0 aromatic carbocycles. The quantitative estimate of drug-likeness (QED) is 0.332. The molecule has 0 aliphatic carbocycles. The summed E-state index contributed by atoms with van der Waals surface area (Å²) in [6.07, 6.45) is 7.82. The summed E-state index contributed by atoms with van der Waals surface area (Å²) < 4.78 is 41.8. The minimum absolute atomic E-state index is 0.356. The summed E-state index contributed by atoms with van der Waals surface area (Å²) in [5, 5.41) is 0. The molecule has 0 aromatic heterocycles. The highest BCUT2D eigenvalue weighted by Crippen LogP contribution is 2.37. The van der Waals surface area contributed by atoms with E-state index in [1.54, 1.807) is 6.92 Å². The van der Waals surface area contributed by atoms with Gasteiger partial charge in [-0.05, 0) is 62.8 Å². The Morgan fingerprint density at radius 1 is 0.926 bits per heavy atom. The molecular weight excluding hydrogens is 345 g/mol. The van der Waals surface area contributed by atoms with Crippen LogP contribution in [-0.2, 0) is 0 Å². The Labute approximate surface area is 163 Å². The van der Waals surface area contributed by atoms with Crippen LogP contribution in [0.15, 0.2) is 70.4 Å². The predicted molar refractivity (Wildman–Crippen MR) is 113 cm³/mol. The van der Waals surface area contributed by atoms with Crippen LogP contribution < -0.4 is 0 Å². The molecule has 0 aliphatic rings. The maximum absolute atomic E-state index is 13.9. The fraction of sp³-hybridized carbons (Fsp3) is 0.500. The highest BCUT2D eigenvalue weighted by molar-refractivity contribution is 5.54. The van der Waals surface area contributed by atoms with E-state index < -0.39 is 11.7 Å². The molecule has 0 N–H and O–H groups in total. The van der Waals surface area contributed by atoms with Gasteiger partial charge in [0.05, 0.1) is 5.57 Å². The van der Waals surface area contributed by atoms with Gasteiger partial charge in [-0.1, -0.05) is 75.6 Å². The van der Waals surface area contributed by atoms with Crippen LogP contribution in [0.1, 0.15) is 73.6 Å². The van der Waals surface area contributed by atoms with Crippen LogP contribution in [0.3, 0.4) is 0 Å². The minimum Gasteiger partial charge on any atom is -0.166 e. The fourth-order valence-corrected chi connectivity index (χ4v) is 2.88. The van der Waals surface area contributed by atoms with Crippen molar-refractivity contribution in [2.75, 3.05) is 0 Å². The molecular formula is C24H35F3. The molecule has 0 spiro atoms. The first-order chi connectivity index (χ1) is 12.6. The molecule has 27 heavy (non-hydrogen) atoms. The highest BCUT2D eigenvalue weighted by atomic mass is 19.4. The summed E-state index contributed by atoms with van der Waals surface area (Å²) in [5.74, 6) is 0. The Bertz CT molecular complexity index is 635. The second-order valence-corrected chi connectivity index (χ2v) is 6.87. The van der Waals surface area contributed by atoms with Crippen LogP contribution >= 0.6 is 0 Å². The van der Waals surface area contributed by atoms with Gasteiger partial charge in [0.15, 0.2) is 0 Å². The molecule has 0 saturated carbocycles. The monoisotopic (exact) mass is 380 g/mol. The van der Waals surface area contributed by atoms with E-state index in [9.17, 15) is 13.2 Å². The number of hydrogen-bond acceptors (Lipinski definition) is 0. The van der Waals surface area contributed by atoms with Crippen LogP contribution in [0.2, 0.25) is 0 Å². The van der Waals surface area contributed by atoms with Crippen molar-refractivity contribution >= 4 is 0 Å². The van der Waals surface area contributed by atoms with Gasteiger partial charge in [-0.2, -0.15) is 13.2 Å². The van der Waals surface area contributed by atoms with E-state index in [1.165, 1.54) is 17.7 Å². The Morgan fingerprint density at radius 2 is 1.52 bits per heavy atom. The van der Waals surface area contributed by atoms with Crippen LogP contribution in [0.5, 0.6) is 0 Å². The average Bonchev–Trinajstić information content (AvgIpc) is 2.58. The van der Waals surface area contributed by atoms with Gasteiger partial charge in [-0.15, -0.1) is 0 Å². The molecule has 152 valence electrons. The summed E-state index contributed by atoms with van der Waals surface area (Å²) in [6, 6.07) is 0. The van der Waals surface area contributed by atoms with E-state index in [0.717, 1.165) is 24.8 Å². The van der Waals surface area contributed by atoms with E-state index in [0.29, 0.717) is 29.6 Å². The van der Waals surface area contributed by atoms with Crippen LogP contribution in [0.4, 0.5) is 13.2 Å². The van der Waals surface area contributed by atoms with Crippen molar-refractivity contribution in [3.05, 3.63) is 70.4 Å². The number of halogens is 3. The van der Waals surface area contributed by atoms with Gasteiger partial charge in [0.2, 0.25) is 0 Å². The fourth-order valence-electron chi connectivity index (χ4n) is 2.88. The van der Waals surface area contributed by atoms with Gasteiger partial charge in [-0.25, -0.2) is 0 Å². The van der Waals surface area contributed by atoms with Gasteiger partial charge in [0, 0.05) is 0 Å². The van der Waals surface area contributed by atoms with Gasteiger partial charge >= 0.3 is 6.18 Å². The van der Waals surface area contributed by atoms with E-state index in [4.69, 9.17) is 0 Å². The molecule has 0 rings (SSSR count). The van der Waals surface area contributed by atoms with E-state index in [1.807, 2.05) is 45.9 Å². The molecule has 0 fully saturated rings. The smallest absolute Gasteiger partial charge is 0.166 e. The molecule has 0 heterocycles. The minimum atomic E-state index is -4.41. The van der Waals surface area contributed by atoms with Crippen molar-refractivity contribution in [3.63, 3.8) is 0 Å². The standard InChI is InChI=1S/C24H35F3/c1-8-12-19(6)15-16-21(20(7)13-9-2)22(14-10-3)23(24(25,26)27)17-18(5)11-4/h11,13,15-17H,4,8-10,12,14H2,1-3,5-7H3/b18-17-,19-15-,20-13-,21-16+,23-22-. The maximum Gasteiger partial charge on any atom is 0.416 e. The Kier molecular flexibility index (Phi) is 11.8. The lowest BCUT2D eigenvalue weighted by Gasteiger charge is -2.19. The molecule has 0 atom stereocenters. The summed E-state index contributed by atoms with van der Waals surface area (Å²) in [7, 11) is 0. The summed E-state index contributed by atoms with van der Waals surface area (Å²) in [4.78, 5) is 0. The lowest BCUT2D eigenvalue weighted by Crippen LogP contribution is -2.15. The molecule has 0 bridgehead atoms. The van der Waals surface area contributed by atoms with Gasteiger partial charge in [0.25, 0.3) is 0 Å². The molecule has 0 saturated heterocycles. The van der Waals surface area contributed by atoms with Crippen LogP contribution in [0.25, 0.3) is 0 Å². The summed E-state index contributed by atoms with van der Waals surface area (Å²) >= 11 is 0. The van der Waals surface area contributed by atoms with Gasteiger partial charge in [-0.3, -0.25) is 0 Å². The van der Waals surface area contributed by atoms with E-state index in [-0.39, 0.29) is 0 Å². The lowest BCUT2D eigenvalue weighted by molar-refractivity contribution is -0.0890. The first kappa shape index (κ1) is 25.2. The van der Waals surface area contributed by atoms with E-state index >= 15 is 0 Å². The first-order valence-electron chi connectivity index (χ1n) is 9.78. The Morgan fingerprint density at radius 3 is 1.96 bits per heavy atom. The van der Waals surface area contributed by atoms with Crippen molar-refractivity contribution < 1.29 is 13.2 Å². The molecule has 3 heteroatoms. The average molecular weight is 381 g/mol. The zero-order chi connectivity index (χ0) is 21.0. The van der Waals surface area contributed by atoms with Crippen molar-refractivity contribution in [1.29, 1.82) is 0 Å².